The van der Waals surface area contributed by atoms with Gasteiger partial charge in [-0.15, -0.1) is 0 Å². The van der Waals surface area contributed by atoms with Gasteiger partial charge in [-0.1, -0.05) is 0 Å². The van der Waals surface area contributed by atoms with E-state index in [1.165, 1.54) is 18.5 Å². The van der Waals surface area contributed by atoms with Crippen molar-refractivity contribution in [1.82, 2.24) is 19.7 Å². The molecule has 0 radical (unpaired) electrons. The maximum Gasteiger partial charge on any atom is 0.163 e. The van der Waals surface area contributed by atoms with E-state index in [-0.39, 0.29) is 5.82 Å². The van der Waals surface area contributed by atoms with Gasteiger partial charge in [-0.2, -0.15) is 10.4 Å². The van der Waals surface area contributed by atoms with Gasteiger partial charge in [0.1, 0.15) is 18.0 Å². The van der Waals surface area contributed by atoms with Crippen LogP contribution in [0.25, 0.3) is 11.0 Å². The Kier molecular flexibility index (Phi) is 3.43. The van der Waals surface area contributed by atoms with Gasteiger partial charge in [0.2, 0.25) is 0 Å². The number of anilines is 2. The largest absolute Gasteiger partial charge is 0.340 e. The van der Waals surface area contributed by atoms with E-state index in [1.54, 1.807) is 23.0 Å². The van der Waals surface area contributed by atoms with Crippen molar-refractivity contribution in [3.8, 4) is 6.07 Å². The van der Waals surface area contributed by atoms with Crippen LogP contribution in [-0.4, -0.2) is 19.7 Å². The molecule has 2 heterocycles. The van der Waals surface area contributed by atoms with Gasteiger partial charge < -0.3 is 5.32 Å². The molecule has 7 heteroatoms. The minimum absolute atomic E-state index is 0.294. The lowest BCUT2D eigenvalue weighted by Gasteiger charge is -2.06. The van der Waals surface area contributed by atoms with E-state index >= 15 is 0 Å². The van der Waals surface area contributed by atoms with Crippen molar-refractivity contribution in [2.75, 3.05) is 5.32 Å². The Bertz CT molecular complexity index is 802. The first-order valence-corrected chi connectivity index (χ1v) is 6.34. The molecular weight excluding hydrogens is 271 g/mol. The zero-order chi connectivity index (χ0) is 14.7. The van der Waals surface area contributed by atoms with E-state index in [4.69, 9.17) is 5.26 Å². The van der Waals surface area contributed by atoms with Crippen molar-refractivity contribution < 1.29 is 4.39 Å². The van der Waals surface area contributed by atoms with Crippen molar-refractivity contribution in [2.24, 2.45) is 0 Å². The molecule has 3 rings (SSSR count). The number of rotatable bonds is 4. The lowest BCUT2D eigenvalue weighted by molar-refractivity contribution is 0.628. The van der Waals surface area contributed by atoms with Crippen LogP contribution in [0.4, 0.5) is 15.9 Å². The standard InChI is InChI=1S/C14H11FN6/c15-10-2-4-11(5-3-10)20-13-12-8-19-21(7-1-6-16)14(12)18-9-17-13/h2-5,8-9H,1,7H2,(H,17,18,20). The molecule has 0 unspecified atom stereocenters. The Hall–Kier alpha value is -3.01. The van der Waals surface area contributed by atoms with E-state index in [9.17, 15) is 4.39 Å². The van der Waals surface area contributed by atoms with E-state index in [1.807, 2.05) is 0 Å². The van der Waals surface area contributed by atoms with Gasteiger partial charge in [0, 0.05) is 5.69 Å². The third-order valence-corrected chi connectivity index (χ3v) is 2.98. The summed E-state index contributed by atoms with van der Waals surface area (Å²) < 4.78 is 14.6. The predicted octanol–water partition coefficient (Wildman–Crippen LogP) is 2.62. The van der Waals surface area contributed by atoms with Gasteiger partial charge in [0.25, 0.3) is 0 Å². The van der Waals surface area contributed by atoms with Gasteiger partial charge >= 0.3 is 0 Å². The van der Waals surface area contributed by atoms with Crippen LogP contribution in [0.2, 0.25) is 0 Å². The third kappa shape index (κ3) is 2.65. The summed E-state index contributed by atoms with van der Waals surface area (Å²) in [5.74, 6) is 0.299. The highest BCUT2D eigenvalue weighted by Gasteiger charge is 2.09. The summed E-state index contributed by atoms with van der Waals surface area (Å²) in [6, 6.07) is 8.08. The van der Waals surface area contributed by atoms with Crippen LogP contribution in [0.3, 0.4) is 0 Å². The molecule has 0 atom stereocenters. The molecule has 0 fully saturated rings. The number of aromatic nitrogens is 4. The van der Waals surface area contributed by atoms with Gasteiger partial charge in [-0.25, -0.2) is 19.0 Å². The van der Waals surface area contributed by atoms with Gasteiger partial charge in [-0.3, -0.25) is 0 Å². The molecule has 0 amide bonds. The highest BCUT2D eigenvalue weighted by Crippen LogP contribution is 2.22. The van der Waals surface area contributed by atoms with Crippen LogP contribution in [0.15, 0.2) is 36.8 Å². The summed E-state index contributed by atoms with van der Waals surface area (Å²) in [5, 5.41) is 16.7. The molecule has 0 aliphatic rings. The number of hydrogen-bond acceptors (Lipinski definition) is 5. The van der Waals surface area contributed by atoms with E-state index in [2.05, 4.69) is 26.5 Å². The number of benzene rings is 1. The smallest absolute Gasteiger partial charge is 0.163 e. The first-order valence-electron chi connectivity index (χ1n) is 6.34. The lowest BCUT2D eigenvalue weighted by atomic mass is 10.3. The predicted molar refractivity (Wildman–Crippen MR) is 75.2 cm³/mol. The number of aryl methyl sites for hydroxylation is 1. The molecule has 0 bridgehead atoms. The third-order valence-electron chi connectivity index (χ3n) is 2.98. The number of nitrogens with zero attached hydrogens (tertiary/aromatic N) is 5. The monoisotopic (exact) mass is 282 g/mol. The molecule has 1 aromatic carbocycles. The molecule has 0 spiro atoms. The minimum atomic E-state index is -0.294. The fourth-order valence-corrected chi connectivity index (χ4v) is 1.98. The molecule has 0 aliphatic heterocycles. The Morgan fingerprint density at radius 1 is 1.24 bits per heavy atom. The molecular formula is C14H11FN6. The Labute approximate surface area is 119 Å². The molecule has 104 valence electrons. The average molecular weight is 282 g/mol. The average Bonchev–Trinajstić information content (AvgIpc) is 2.92. The lowest BCUT2D eigenvalue weighted by Crippen LogP contribution is -2.01. The van der Waals surface area contributed by atoms with E-state index in [0.29, 0.717) is 24.4 Å². The second-order valence-corrected chi connectivity index (χ2v) is 4.37. The second kappa shape index (κ2) is 5.54. The summed E-state index contributed by atoms with van der Waals surface area (Å²) in [7, 11) is 0. The topological polar surface area (TPSA) is 79.4 Å². The normalized spacial score (nSPS) is 10.5. The fraction of sp³-hybridized carbons (Fsp3) is 0.143. The maximum absolute atomic E-state index is 12.9. The molecule has 0 saturated carbocycles. The Morgan fingerprint density at radius 2 is 2.05 bits per heavy atom. The Morgan fingerprint density at radius 3 is 2.81 bits per heavy atom. The first-order chi connectivity index (χ1) is 10.3. The summed E-state index contributed by atoms with van der Waals surface area (Å²) >= 11 is 0. The second-order valence-electron chi connectivity index (χ2n) is 4.37. The van der Waals surface area contributed by atoms with Crippen LogP contribution >= 0.6 is 0 Å². The Balaban J connectivity index is 1.94. The first kappa shape index (κ1) is 13.0. The molecule has 6 nitrogen and oxygen atoms in total. The summed E-state index contributed by atoms with van der Waals surface area (Å²) in [6.07, 6.45) is 3.44. The molecule has 3 aromatic rings. The highest BCUT2D eigenvalue weighted by molar-refractivity contribution is 5.88. The van der Waals surface area contributed by atoms with Gasteiger partial charge in [0.15, 0.2) is 5.65 Å². The number of halogens is 1. The summed E-state index contributed by atoms with van der Waals surface area (Å²) in [4.78, 5) is 8.37. The maximum atomic E-state index is 12.9. The molecule has 21 heavy (non-hydrogen) atoms. The van der Waals surface area contributed by atoms with Gasteiger partial charge in [-0.05, 0) is 24.3 Å². The number of fused-ring (bicyclic) bond motifs is 1. The van der Waals surface area contributed by atoms with Crippen molar-refractivity contribution >= 4 is 22.5 Å². The number of nitriles is 1. The molecule has 2 aromatic heterocycles. The minimum Gasteiger partial charge on any atom is -0.340 e. The number of nitrogens with one attached hydrogen (secondary N) is 1. The molecule has 1 N–H and O–H groups in total. The van der Waals surface area contributed by atoms with E-state index < -0.39 is 0 Å². The van der Waals surface area contributed by atoms with Crippen molar-refractivity contribution in [3.05, 3.63) is 42.6 Å². The summed E-state index contributed by atoms with van der Waals surface area (Å²) in [6.45, 7) is 0.479. The van der Waals surface area contributed by atoms with Crippen LogP contribution in [0.1, 0.15) is 6.42 Å². The van der Waals surface area contributed by atoms with E-state index in [0.717, 1.165) is 11.1 Å². The van der Waals surface area contributed by atoms with Crippen LogP contribution in [-0.2, 0) is 6.54 Å². The fourth-order valence-electron chi connectivity index (χ4n) is 1.98. The molecule has 0 aliphatic carbocycles. The quantitative estimate of drug-likeness (QED) is 0.795. The van der Waals surface area contributed by atoms with Crippen LogP contribution in [0.5, 0.6) is 0 Å². The SMILES string of the molecule is N#CCCn1ncc2c(Nc3ccc(F)cc3)ncnc21. The van der Waals surface area contributed by atoms with Crippen LogP contribution in [0, 0.1) is 17.1 Å². The molecule has 0 saturated heterocycles. The van der Waals surface area contributed by atoms with Gasteiger partial charge in [0.05, 0.1) is 30.6 Å². The zero-order valence-corrected chi connectivity index (χ0v) is 11.0. The van der Waals surface area contributed by atoms with Crippen molar-refractivity contribution in [3.63, 3.8) is 0 Å². The van der Waals surface area contributed by atoms with Crippen molar-refractivity contribution in [2.45, 2.75) is 13.0 Å². The number of hydrogen-bond donors (Lipinski definition) is 1. The van der Waals surface area contributed by atoms with Crippen molar-refractivity contribution in [1.29, 1.82) is 5.26 Å². The zero-order valence-electron chi connectivity index (χ0n) is 11.0. The van der Waals surface area contributed by atoms with Crippen LogP contribution < -0.4 is 5.32 Å². The summed E-state index contributed by atoms with van der Waals surface area (Å²) in [5.41, 5.74) is 1.38. The highest BCUT2D eigenvalue weighted by atomic mass is 19.1.